The zero-order chi connectivity index (χ0) is 12.0. The molecule has 1 atom stereocenters. The highest BCUT2D eigenvalue weighted by molar-refractivity contribution is 5.30. The minimum Gasteiger partial charge on any atom is -0.491 e. The quantitative estimate of drug-likeness (QED) is 0.755. The molecule has 1 unspecified atom stereocenters. The van der Waals surface area contributed by atoms with E-state index in [0.29, 0.717) is 24.5 Å². The molecule has 0 aliphatic rings. The lowest BCUT2D eigenvalue weighted by Gasteiger charge is -2.13. The van der Waals surface area contributed by atoms with E-state index in [9.17, 15) is 4.39 Å². The van der Waals surface area contributed by atoms with Crippen LogP contribution in [0.3, 0.4) is 0 Å². The van der Waals surface area contributed by atoms with Crippen LogP contribution in [0.15, 0.2) is 18.2 Å². The van der Waals surface area contributed by atoms with E-state index in [1.54, 1.807) is 26.3 Å². The van der Waals surface area contributed by atoms with Crippen molar-refractivity contribution in [1.82, 2.24) is 5.32 Å². The maximum absolute atomic E-state index is 13.6. The van der Waals surface area contributed by atoms with Crippen molar-refractivity contribution in [1.29, 1.82) is 0 Å². The van der Waals surface area contributed by atoms with Gasteiger partial charge in [0.25, 0.3) is 0 Å². The van der Waals surface area contributed by atoms with Crippen molar-refractivity contribution in [2.45, 2.75) is 13.0 Å². The number of nitrogens with one attached hydrogen (secondary N) is 1. The zero-order valence-corrected chi connectivity index (χ0v) is 9.92. The van der Waals surface area contributed by atoms with Crippen molar-refractivity contribution in [2.75, 3.05) is 27.4 Å². The topological polar surface area (TPSA) is 30.5 Å². The molecule has 1 aromatic carbocycles. The lowest BCUT2D eigenvalue weighted by Crippen LogP contribution is -2.14. The monoisotopic (exact) mass is 227 g/mol. The Labute approximate surface area is 95.6 Å². The molecule has 0 aliphatic carbocycles. The van der Waals surface area contributed by atoms with Crippen LogP contribution < -0.4 is 10.1 Å². The van der Waals surface area contributed by atoms with Crippen LogP contribution in [0.2, 0.25) is 0 Å². The number of methoxy groups -OCH3 is 1. The second-order valence-corrected chi connectivity index (χ2v) is 3.53. The van der Waals surface area contributed by atoms with E-state index in [-0.39, 0.29) is 11.9 Å². The van der Waals surface area contributed by atoms with Crippen LogP contribution in [0.25, 0.3) is 0 Å². The van der Waals surface area contributed by atoms with E-state index >= 15 is 0 Å². The summed E-state index contributed by atoms with van der Waals surface area (Å²) in [7, 11) is 3.40. The molecule has 0 saturated heterocycles. The summed E-state index contributed by atoms with van der Waals surface area (Å²) in [5.41, 5.74) is 0.640. The predicted molar refractivity (Wildman–Crippen MR) is 61.2 cm³/mol. The fourth-order valence-corrected chi connectivity index (χ4v) is 1.35. The summed E-state index contributed by atoms with van der Waals surface area (Å²) < 4.78 is 23.8. The fourth-order valence-electron chi connectivity index (χ4n) is 1.35. The molecule has 0 aromatic heterocycles. The number of rotatable bonds is 6. The van der Waals surface area contributed by atoms with Crippen LogP contribution in [-0.4, -0.2) is 27.4 Å². The van der Waals surface area contributed by atoms with E-state index in [1.807, 2.05) is 6.92 Å². The van der Waals surface area contributed by atoms with Gasteiger partial charge in [-0.25, -0.2) is 4.39 Å². The van der Waals surface area contributed by atoms with Gasteiger partial charge in [0.15, 0.2) is 0 Å². The summed E-state index contributed by atoms with van der Waals surface area (Å²) >= 11 is 0. The van der Waals surface area contributed by atoms with Gasteiger partial charge in [0.1, 0.15) is 18.2 Å². The average Bonchev–Trinajstić information content (AvgIpc) is 2.29. The van der Waals surface area contributed by atoms with E-state index in [1.165, 1.54) is 6.07 Å². The zero-order valence-electron chi connectivity index (χ0n) is 9.92. The molecule has 0 aliphatic heterocycles. The summed E-state index contributed by atoms with van der Waals surface area (Å²) in [4.78, 5) is 0. The van der Waals surface area contributed by atoms with E-state index in [0.717, 1.165) is 0 Å². The van der Waals surface area contributed by atoms with E-state index in [2.05, 4.69) is 5.32 Å². The van der Waals surface area contributed by atoms with Crippen LogP contribution in [-0.2, 0) is 4.74 Å². The minimum absolute atomic E-state index is 0.00646. The van der Waals surface area contributed by atoms with Gasteiger partial charge in [-0.15, -0.1) is 0 Å². The molecule has 0 spiro atoms. The standard InChI is InChI=1S/C12H18FNO2/c1-9(14-2)11-5-4-10(8-12(11)13)16-7-6-15-3/h4-5,8-9,14H,6-7H2,1-3H3. The Morgan fingerprint density at radius 1 is 1.38 bits per heavy atom. The van der Waals surface area contributed by atoms with E-state index < -0.39 is 0 Å². The van der Waals surface area contributed by atoms with Crippen molar-refractivity contribution < 1.29 is 13.9 Å². The highest BCUT2D eigenvalue weighted by Gasteiger charge is 2.09. The first-order valence-electron chi connectivity index (χ1n) is 5.27. The maximum atomic E-state index is 13.6. The lowest BCUT2D eigenvalue weighted by atomic mass is 10.1. The highest BCUT2D eigenvalue weighted by Crippen LogP contribution is 2.21. The Balaban J connectivity index is 2.67. The largest absolute Gasteiger partial charge is 0.491 e. The van der Waals surface area contributed by atoms with Gasteiger partial charge in [0, 0.05) is 24.8 Å². The first-order valence-corrected chi connectivity index (χ1v) is 5.27. The van der Waals surface area contributed by atoms with Crippen LogP contribution >= 0.6 is 0 Å². The lowest BCUT2D eigenvalue weighted by molar-refractivity contribution is 0.146. The molecule has 0 saturated carbocycles. The smallest absolute Gasteiger partial charge is 0.131 e. The number of hydrogen-bond donors (Lipinski definition) is 1. The molecule has 0 fully saturated rings. The van der Waals surface area contributed by atoms with Gasteiger partial charge in [-0.2, -0.15) is 0 Å². The van der Waals surface area contributed by atoms with Gasteiger partial charge in [-0.05, 0) is 20.0 Å². The van der Waals surface area contributed by atoms with Crippen molar-refractivity contribution in [3.8, 4) is 5.75 Å². The van der Waals surface area contributed by atoms with Crippen molar-refractivity contribution in [2.24, 2.45) is 0 Å². The number of benzene rings is 1. The Kier molecular flexibility index (Phi) is 5.22. The molecule has 16 heavy (non-hydrogen) atoms. The van der Waals surface area contributed by atoms with Gasteiger partial charge in [0.05, 0.1) is 6.61 Å². The molecular formula is C12H18FNO2. The molecule has 1 rings (SSSR count). The number of hydrogen-bond acceptors (Lipinski definition) is 3. The third kappa shape index (κ3) is 3.47. The third-order valence-corrected chi connectivity index (χ3v) is 2.43. The molecule has 1 aromatic rings. The Bertz CT molecular complexity index is 331. The minimum atomic E-state index is -0.253. The fraction of sp³-hybridized carbons (Fsp3) is 0.500. The second-order valence-electron chi connectivity index (χ2n) is 3.53. The Morgan fingerprint density at radius 3 is 2.69 bits per heavy atom. The van der Waals surface area contributed by atoms with Crippen LogP contribution in [0, 0.1) is 5.82 Å². The maximum Gasteiger partial charge on any atom is 0.131 e. The molecule has 1 N–H and O–H groups in total. The molecule has 4 heteroatoms. The van der Waals surface area contributed by atoms with Gasteiger partial charge in [-0.1, -0.05) is 6.07 Å². The van der Waals surface area contributed by atoms with Crippen molar-refractivity contribution >= 4 is 0 Å². The SMILES string of the molecule is CNC(C)c1ccc(OCCOC)cc1F. The second kappa shape index (κ2) is 6.45. The highest BCUT2D eigenvalue weighted by atomic mass is 19.1. The Hall–Kier alpha value is -1.13. The Morgan fingerprint density at radius 2 is 2.12 bits per heavy atom. The van der Waals surface area contributed by atoms with E-state index in [4.69, 9.17) is 9.47 Å². The summed E-state index contributed by atoms with van der Waals surface area (Å²) in [5, 5.41) is 2.99. The molecule has 0 bridgehead atoms. The first-order chi connectivity index (χ1) is 7.69. The molecule has 0 radical (unpaired) electrons. The normalized spacial score (nSPS) is 12.5. The average molecular weight is 227 g/mol. The van der Waals surface area contributed by atoms with Crippen LogP contribution in [0.4, 0.5) is 4.39 Å². The van der Waals surface area contributed by atoms with Crippen molar-refractivity contribution in [3.05, 3.63) is 29.6 Å². The van der Waals surface area contributed by atoms with Crippen LogP contribution in [0.1, 0.15) is 18.5 Å². The van der Waals surface area contributed by atoms with Crippen LogP contribution in [0.5, 0.6) is 5.75 Å². The van der Waals surface area contributed by atoms with Gasteiger partial charge < -0.3 is 14.8 Å². The van der Waals surface area contributed by atoms with Gasteiger partial charge in [0.2, 0.25) is 0 Å². The number of ether oxygens (including phenoxy) is 2. The molecule has 90 valence electrons. The molecular weight excluding hydrogens is 209 g/mol. The summed E-state index contributed by atoms with van der Waals surface area (Å²) in [6.07, 6.45) is 0. The summed E-state index contributed by atoms with van der Waals surface area (Å²) in [5.74, 6) is 0.276. The predicted octanol–water partition coefficient (Wildman–Crippen LogP) is 2.13. The molecule has 0 amide bonds. The summed E-state index contributed by atoms with van der Waals surface area (Å²) in [6, 6.07) is 4.90. The molecule has 0 heterocycles. The van der Waals surface area contributed by atoms with Gasteiger partial charge in [-0.3, -0.25) is 0 Å². The molecule has 3 nitrogen and oxygen atoms in total. The van der Waals surface area contributed by atoms with Crippen molar-refractivity contribution in [3.63, 3.8) is 0 Å². The first kappa shape index (κ1) is 12.9. The third-order valence-electron chi connectivity index (χ3n) is 2.43. The van der Waals surface area contributed by atoms with Gasteiger partial charge >= 0.3 is 0 Å². The summed E-state index contributed by atoms with van der Waals surface area (Å²) in [6.45, 7) is 2.83. The number of halogens is 1.